The molecule has 0 spiro atoms. The molecule has 0 unspecified atom stereocenters. The molecule has 162 valence electrons. The predicted octanol–water partition coefficient (Wildman–Crippen LogP) is 5.75. The van der Waals surface area contributed by atoms with Gasteiger partial charge in [-0.3, -0.25) is 9.69 Å². The van der Waals surface area contributed by atoms with Crippen LogP contribution in [0.25, 0.3) is 10.2 Å². The van der Waals surface area contributed by atoms with Gasteiger partial charge in [-0.25, -0.2) is 4.98 Å². The van der Waals surface area contributed by atoms with Crippen molar-refractivity contribution in [2.24, 2.45) is 0 Å². The van der Waals surface area contributed by atoms with Gasteiger partial charge < -0.3 is 4.90 Å². The SMILES string of the molecule is CCc1ccc2nc(N(CCN(C)C)C(=O)CCCSc3ccccc3)sc2c1.Cl. The van der Waals surface area contributed by atoms with Crippen LogP contribution < -0.4 is 4.90 Å². The molecule has 0 N–H and O–H groups in total. The number of hydrogen-bond donors (Lipinski definition) is 0. The van der Waals surface area contributed by atoms with E-state index < -0.39 is 0 Å². The Hall–Kier alpha value is -1.60. The van der Waals surface area contributed by atoms with Gasteiger partial charge in [0.25, 0.3) is 0 Å². The molecule has 1 amide bonds. The summed E-state index contributed by atoms with van der Waals surface area (Å²) in [4.78, 5) is 23.0. The highest BCUT2D eigenvalue weighted by molar-refractivity contribution is 7.99. The van der Waals surface area contributed by atoms with E-state index in [9.17, 15) is 4.79 Å². The van der Waals surface area contributed by atoms with Gasteiger partial charge in [0.2, 0.25) is 5.91 Å². The Bertz CT molecular complexity index is 931. The molecule has 0 radical (unpaired) electrons. The zero-order valence-electron chi connectivity index (χ0n) is 17.8. The van der Waals surface area contributed by atoms with Crippen molar-refractivity contribution in [3.8, 4) is 0 Å². The molecule has 0 atom stereocenters. The number of aromatic nitrogens is 1. The molecule has 30 heavy (non-hydrogen) atoms. The van der Waals surface area contributed by atoms with Crippen LogP contribution in [0.15, 0.2) is 53.4 Å². The van der Waals surface area contributed by atoms with E-state index in [0.717, 1.165) is 40.5 Å². The molecular formula is C23H30ClN3OS2. The summed E-state index contributed by atoms with van der Waals surface area (Å²) in [6, 6.07) is 16.7. The third kappa shape index (κ3) is 6.98. The van der Waals surface area contributed by atoms with E-state index in [-0.39, 0.29) is 18.3 Å². The number of fused-ring (bicyclic) bond motifs is 1. The van der Waals surface area contributed by atoms with Crippen molar-refractivity contribution in [1.82, 2.24) is 9.88 Å². The lowest BCUT2D eigenvalue weighted by atomic mass is 10.2. The highest BCUT2D eigenvalue weighted by Crippen LogP contribution is 2.30. The minimum Gasteiger partial charge on any atom is -0.308 e. The standard InChI is InChI=1S/C23H29N3OS2.ClH/c1-4-18-12-13-20-21(17-18)29-23(24-20)26(15-14-25(2)3)22(27)11-8-16-28-19-9-6-5-7-10-19;/h5-7,9-10,12-13,17H,4,8,11,14-16H2,1-3H3;1H. The Morgan fingerprint density at radius 2 is 1.87 bits per heavy atom. The maximum Gasteiger partial charge on any atom is 0.228 e. The lowest BCUT2D eigenvalue weighted by Crippen LogP contribution is -2.36. The van der Waals surface area contributed by atoms with Crippen LogP contribution in [0, 0.1) is 0 Å². The zero-order chi connectivity index (χ0) is 20.6. The summed E-state index contributed by atoms with van der Waals surface area (Å²) in [5.41, 5.74) is 2.28. The first kappa shape index (κ1) is 24.7. The molecule has 0 aliphatic heterocycles. The van der Waals surface area contributed by atoms with E-state index in [1.54, 1.807) is 23.1 Å². The van der Waals surface area contributed by atoms with Crippen LogP contribution in [0.5, 0.6) is 0 Å². The number of likely N-dealkylation sites (N-methyl/N-ethyl adjacent to an activating group) is 1. The number of benzene rings is 2. The second-order valence-corrected chi connectivity index (χ2v) is 9.44. The number of carbonyl (C=O) groups excluding carboxylic acids is 1. The number of rotatable bonds is 10. The molecule has 7 heteroatoms. The van der Waals surface area contributed by atoms with Crippen LogP contribution in [-0.2, 0) is 11.2 Å². The first-order valence-corrected chi connectivity index (χ1v) is 11.9. The Kier molecular flexibility index (Phi) is 10.1. The van der Waals surface area contributed by atoms with Crippen LogP contribution in [0.1, 0.15) is 25.3 Å². The molecule has 1 heterocycles. The number of aryl methyl sites for hydroxylation is 1. The van der Waals surface area contributed by atoms with Crippen molar-refractivity contribution >= 4 is 56.8 Å². The van der Waals surface area contributed by atoms with Crippen LogP contribution >= 0.6 is 35.5 Å². The summed E-state index contributed by atoms with van der Waals surface area (Å²) in [6.07, 6.45) is 2.41. The fourth-order valence-electron chi connectivity index (χ4n) is 2.98. The summed E-state index contributed by atoms with van der Waals surface area (Å²) < 4.78 is 1.15. The second-order valence-electron chi connectivity index (χ2n) is 7.27. The fourth-order valence-corrected chi connectivity index (χ4v) is 4.93. The number of nitrogens with zero attached hydrogens (tertiary/aromatic N) is 3. The van der Waals surface area contributed by atoms with Gasteiger partial charge in [-0.05, 0) is 62.5 Å². The summed E-state index contributed by atoms with van der Waals surface area (Å²) in [5.74, 6) is 1.10. The Morgan fingerprint density at radius 1 is 1.10 bits per heavy atom. The van der Waals surface area contributed by atoms with Gasteiger partial charge in [0.1, 0.15) is 0 Å². The van der Waals surface area contributed by atoms with Gasteiger partial charge in [0.15, 0.2) is 5.13 Å². The number of anilines is 1. The number of carbonyl (C=O) groups is 1. The molecule has 1 aromatic heterocycles. The smallest absolute Gasteiger partial charge is 0.228 e. The van der Waals surface area contributed by atoms with Crippen LogP contribution in [0.4, 0.5) is 5.13 Å². The monoisotopic (exact) mass is 463 g/mol. The summed E-state index contributed by atoms with van der Waals surface area (Å²) >= 11 is 3.43. The van der Waals surface area contributed by atoms with Crippen molar-refractivity contribution in [3.63, 3.8) is 0 Å². The summed E-state index contributed by atoms with van der Waals surface area (Å²) in [7, 11) is 4.07. The van der Waals surface area contributed by atoms with E-state index in [0.29, 0.717) is 13.0 Å². The van der Waals surface area contributed by atoms with Crippen LogP contribution in [0.2, 0.25) is 0 Å². The number of hydrogen-bond acceptors (Lipinski definition) is 5. The van der Waals surface area contributed by atoms with Crippen molar-refractivity contribution in [1.29, 1.82) is 0 Å². The second kappa shape index (κ2) is 12.3. The van der Waals surface area contributed by atoms with Gasteiger partial charge in [0, 0.05) is 24.4 Å². The highest BCUT2D eigenvalue weighted by atomic mass is 35.5. The molecule has 0 saturated heterocycles. The largest absolute Gasteiger partial charge is 0.308 e. The quantitative estimate of drug-likeness (QED) is 0.283. The third-order valence-corrected chi connectivity index (χ3v) is 6.84. The van der Waals surface area contributed by atoms with Gasteiger partial charge in [-0.15, -0.1) is 24.2 Å². The van der Waals surface area contributed by atoms with Crippen molar-refractivity contribution in [2.75, 3.05) is 37.8 Å². The zero-order valence-corrected chi connectivity index (χ0v) is 20.3. The molecule has 3 aromatic rings. The lowest BCUT2D eigenvalue weighted by molar-refractivity contribution is -0.118. The molecular weight excluding hydrogens is 434 g/mol. The Balaban J connectivity index is 0.00000320. The normalized spacial score (nSPS) is 10.9. The van der Waals surface area contributed by atoms with Gasteiger partial charge >= 0.3 is 0 Å². The number of thioether (sulfide) groups is 1. The maximum absolute atomic E-state index is 13.0. The number of thiazole rings is 1. The average molecular weight is 464 g/mol. The molecule has 0 bridgehead atoms. The molecule has 0 aliphatic rings. The summed E-state index contributed by atoms with van der Waals surface area (Å²) in [6.45, 7) is 3.64. The number of amides is 1. The molecule has 3 rings (SSSR count). The van der Waals surface area contributed by atoms with Gasteiger partial charge in [0.05, 0.1) is 10.2 Å². The van der Waals surface area contributed by atoms with E-state index in [2.05, 4.69) is 42.2 Å². The minimum atomic E-state index is 0. The van der Waals surface area contributed by atoms with Crippen molar-refractivity contribution < 1.29 is 4.79 Å². The van der Waals surface area contributed by atoms with E-state index in [4.69, 9.17) is 4.98 Å². The molecule has 0 fully saturated rings. The molecule has 0 aliphatic carbocycles. The Morgan fingerprint density at radius 3 is 2.57 bits per heavy atom. The fraction of sp³-hybridized carbons (Fsp3) is 0.391. The molecule has 0 saturated carbocycles. The first-order valence-electron chi connectivity index (χ1n) is 10.1. The molecule has 2 aromatic carbocycles. The van der Waals surface area contributed by atoms with E-state index in [1.165, 1.54) is 10.5 Å². The average Bonchev–Trinajstić information content (AvgIpc) is 3.14. The van der Waals surface area contributed by atoms with Crippen LogP contribution in [0.3, 0.4) is 0 Å². The van der Waals surface area contributed by atoms with E-state index >= 15 is 0 Å². The predicted molar refractivity (Wildman–Crippen MR) is 134 cm³/mol. The number of halogens is 1. The van der Waals surface area contributed by atoms with Crippen LogP contribution in [-0.4, -0.2) is 48.7 Å². The molecule has 4 nitrogen and oxygen atoms in total. The summed E-state index contributed by atoms with van der Waals surface area (Å²) in [5, 5.41) is 0.816. The van der Waals surface area contributed by atoms with Crippen molar-refractivity contribution in [2.45, 2.75) is 31.1 Å². The van der Waals surface area contributed by atoms with Gasteiger partial charge in [-0.1, -0.05) is 42.5 Å². The van der Waals surface area contributed by atoms with Gasteiger partial charge in [-0.2, -0.15) is 0 Å². The lowest BCUT2D eigenvalue weighted by Gasteiger charge is -2.22. The first-order chi connectivity index (χ1) is 14.1. The highest BCUT2D eigenvalue weighted by Gasteiger charge is 2.19. The minimum absolute atomic E-state index is 0. The topological polar surface area (TPSA) is 36.4 Å². The van der Waals surface area contributed by atoms with E-state index in [1.807, 2.05) is 37.2 Å². The van der Waals surface area contributed by atoms with Crippen molar-refractivity contribution in [3.05, 3.63) is 54.1 Å². The maximum atomic E-state index is 13.0. The Labute approximate surface area is 194 Å². The third-order valence-electron chi connectivity index (χ3n) is 4.70.